The molecule has 0 aromatic heterocycles. The van der Waals surface area contributed by atoms with E-state index in [1.165, 1.54) is 0 Å². The van der Waals surface area contributed by atoms with E-state index in [-0.39, 0.29) is 11.8 Å². The Bertz CT molecular complexity index is 633. The van der Waals surface area contributed by atoms with Gasteiger partial charge in [-0.3, -0.25) is 4.79 Å². The lowest BCUT2D eigenvalue weighted by atomic mass is 9.93. The van der Waals surface area contributed by atoms with Crippen LogP contribution in [0.15, 0.2) is 48.5 Å². The van der Waals surface area contributed by atoms with Crippen LogP contribution in [0.4, 0.5) is 0 Å². The van der Waals surface area contributed by atoms with Crippen LogP contribution in [-0.2, 0) is 4.79 Å². The molecule has 0 aliphatic carbocycles. The second-order valence-electron chi connectivity index (χ2n) is 5.53. The molecule has 1 aliphatic heterocycles. The summed E-state index contributed by atoms with van der Waals surface area (Å²) in [4.78, 5) is 12.0. The van der Waals surface area contributed by atoms with Crippen molar-refractivity contribution in [2.45, 2.75) is 31.7 Å². The van der Waals surface area contributed by atoms with Crippen LogP contribution in [0.5, 0.6) is 0 Å². The van der Waals surface area contributed by atoms with Crippen LogP contribution in [-0.4, -0.2) is 11.9 Å². The van der Waals surface area contributed by atoms with E-state index in [9.17, 15) is 4.79 Å². The van der Waals surface area contributed by atoms with Crippen LogP contribution >= 0.6 is 11.6 Å². The molecule has 1 aliphatic rings. The van der Waals surface area contributed by atoms with E-state index in [2.05, 4.69) is 36.5 Å². The van der Waals surface area contributed by atoms with Crippen molar-refractivity contribution >= 4 is 17.5 Å². The third-order valence-corrected chi connectivity index (χ3v) is 4.42. The maximum Gasteiger partial charge on any atom is 0.227 e. The molecule has 3 rings (SSSR count). The van der Waals surface area contributed by atoms with Crippen molar-refractivity contribution in [3.63, 3.8) is 0 Å². The first-order valence-electron chi connectivity index (χ1n) is 7.33. The molecule has 1 N–H and O–H groups in total. The summed E-state index contributed by atoms with van der Waals surface area (Å²) in [5, 5.41) is 3.79. The molecule has 0 saturated carbocycles. The number of benzene rings is 2. The van der Waals surface area contributed by atoms with Crippen LogP contribution in [0.1, 0.15) is 31.2 Å². The fourth-order valence-corrected chi connectivity index (χ4v) is 2.98. The summed E-state index contributed by atoms with van der Waals surface area (Å²) in [6.45, 7) is 2.11. The molecule has 1 amide bonds. The van der Waals surface area contributed by atoms with Gasteiger partial charge in [-0.25, -0.2) is 0 Å². The second-order valence-corrected chi connectivity index (χ2v) is 5.97. The fourth-order valence-electron chi connectivity index (χ4n) is 2.86. The van der Waals surface area contributed by atoms with Gasteiger partial charge in [0.05, 0.1) is 5.92 Å². The topological polar surface area (TPSA) is 29.1 Å². The highest BCUT2D eigenvalue weighted by Crippen LogP contribution is 2.30. The Kier molecular flexibility index (Phi) is 3.98. The predicted molar refractivity (Wildman–Crippen MR) is 86.5 cm³/mol. The monoisotopic (exact) mass is 299 g/mol. The van der Waals surface area contributed by atoms with Gasteiger partial charge in [-0.15, -0.1) is 0 Å². The predicted octanol–water partition coefficient (Wildman–Crippen LogP) is 4.39. The zero-order valence-corrected chi connectivity index (χ0v) is 12.7. The van der Waals surface area contributed by atoms with Crippen molar-refractivity contribution in [2.24, 2.45) is 0 Å². The molecule has 21 heavy (non-hydrogen) atoms. The molecule has 2 aromatic carbocycles. The number of nitrogens with one attached hydrogen (secondary N) is 1. The minimum Gasteiger partial charge on any atom is -0.353 e. The van der Waals surface area contributed by atoms with E-state index in [0.29, 0.717) is 6.04 Å². The van der Waals surface area contributed by atoms with Gasteiger partial charge in [0.15, 0.2) is 0 Å². The summed E-state index contributed by atoms with van der Waals surface area (Å²) in [7, 11) is 0. The van der Waals surface area contributed by atoms with Crippen molar-refractivity contribution in [1.82, 2.24) is 5.32 Å². The highest BCUT2D eigenvalue weighted by molar-refractivity contribution is 6.30. The van der Waals surface area contributed by atoms with Crippen molar-refractivity contribution in [1.29, 1.82) is 0 Å². The zero-order chi connectivity index (χ0) is 14.8. The lowest BCUT2D eigenvalue weighted by molar-refractivity contribution is -0.120. The first kappa shape index (κ1) is 14.2. The van der Waals surface area contributed by atoms with Crippen LogP contribution < -0.4 is 5.32 Å². The van der Waals surface area contributed by atoms with E-state index in [1.54, 1.807) is 0 Å². The number of amides is 1. The van der Waals surface area contributed by atoms with Crippen LogP contribution in [0.2, 0.25) is 5.02 Å². The Morgan fingerprint density at radius 1 is 1.05 bits per heavy atom. The van der Waals surface area contributed by atoms with Crippen molar-refractivity contribution in [3.8, 4) is 11.1 Å². The first-order chi connectivity index (χ1) is 10.2. The molecule has 1 saturated heterocycles. The minimum absolute atomic E-state index is 0.00535. The molecule has 108 valence electrons. The Hall–Kier alpha value is -1.80. The second kappa shape index (κ2) is 5.90. The van der Waals surface area contributed by atoms with Crippen molar-refractivity contribution in [2.75, 3.05) is 0 Å². The van der Waals surface area contributed by atoms with Crippen LogP contribution in [0.3, 0.4) is 0 Å². The van der Waals surface area contributed by atoms with Crippen molar-refractivity contribution < 1.29 is 4.79 Å². The SMILES string of the molecule is CCC1CC(c2ccc(-c3ccc(Cl)cc3)cc2)C(=O)N1. The van der Waals surface area contributed by atoms with E-state index < -0.39 is 0 Å². The van der Waals surface area contributed by atoms with Gasteiger partial charge in [0.2, 0.25) is 5.91 Å². The Labute approximate surface area is 130 Å². The molecule has 0 radical (unpaired) electrons. The Balaban J connectivity index is 1.81. The summed E-state index contributed by atoms with van der Waals surface area (Å²) in [6, 6.07) is 16.4. The molecule has 2 atom stereocenters. The van der Waals surface area contributed by atoms with Gasteiger partial charge in [-0.1, -0.05) is 54.9 Å². The lowest BCUT2D eigenvalue weighted by Crippen LogP contribution is -2.25. The number of hydrogen-bond acceptors (Lipinski definition) is 1. The molecule has 2 unspecified atom stereocenters. The number of hydrogen-bond donors (Lipinski definition) is 1. The number of halogens is 1. The van der Waals surface area contributed by atoms with E-state index >= 15 is 0 Å². The maximum absolute atomic E-state index is 12.0. The maximum atomic E-state index is 12.0. The van der Waals surface area contributed by atoms with Gasteiger partial charge >= 0.3 is 0 Å². The average molecular weight is 300 g/mol. The van der Waals surface area contributed by atoms with Gasteiger partial charge in [-0.2, -0.15) is 0 Å². The lowest BCUT2D eigenvalue weighted by Gasteiger charge is -2.09. The molecule has 1 fully saturated rings. The smallest absolute Gasteiger partial charge is 0.227 e. The third-order valence-electron chi connectivity index (χ3n) is 4.17. The molecule has 2 aromatic rings. The largest absolute Gasteiger partial charge is 0.353 e. The van der Waals surface area contributed by atoms with E-state index in [0.717, 1.165) is 34.6 Å². The molecular weight excluding hydrogens is 282 g/mol. The normalized spacial score (nSPS) is 21.3. The highest BCUT2D eigenvalue weighted by Gasteiger charge is 2.31. The fraction of sp³-hybridized carbons (Fsp3) is 0.278. The van der Waals surface area contributed by atoms with E-state index in [1.807, 2.05) is 24.3 Å². The summed E-state index contributed by atoms with van der Waals surface area (Å²) < 4.78 is 0. The summed E-state index contributed by atoms with van der Waals surface area (Å²) in [5.74, 6) is 0.148. The molecule has 0 spiro atoms. The number of carbonyl (C=O) groups excluding carboxylic acids is 1. The molecule has 0 bridgehead atoms. The van der Waals surface area contributed by atoms with Gasteiger partial charge in [0.1, 0.15) is 0 Å². The number of rotatable bonds is 3. The Morgan fingerprint density at radius 3 is 2.14 bits per heavy atom. The number of carbonyl (C=O) groups is 1. The summed E-state index contributed by atoms with van der Waals surface area (Å²) >= 11 is 5.91. The standard InChI is InChI=1S/C18H18ClNO/c1-2-16-11-17(18(21)20-16)14-5-3-12(4-6-14)13-7-9-15(19)10-8-13/h3-10,16-17H,2,11H2,1H3,(H,20,21). The van der Waals surface area contributed by atoms with Gasteiger partial charge < -0.3 is 5.32 Å². The van der Waals surface area contributed by atoms with E-state index in [4.69, 9.17) is 11.6 Å². The van der Waals surface area contributed by atoms with Gasteiger partial charge in [-0.05, 0) is 41.7 Å². The third kappa shape index (κ3) is 2.96. The summed E-state index contributed by atoms with van der Waals surface area (Å²) in [5.41, 5.74) is 3.37. The summed E-state index contributed by atoms with van der Waals surface area (Å²) in [6.07, 6.45) is 1.89. The van der Waals surface area contributed by atoms with Gasteiger partial charge in [0.25, 0.3) is 0 Å². The molecular formula is C18H18ClNO. The zero-order valence-electron chi connectivity index (χ0n) is 12.0. The minimum atomic E-state index is -0.00535. The molecule has 3 heteroatoms. The quantitative estimate of drug-likeness (QED) is 0.895. The van der Waals surface area contributed by atoms with Crippen LogP contribution in [0.25, 0.3) is 11.1 Å². The van der Waals surface area contributed by atoms with Crippen LogP contribution in [0, 0.1) is 0 Å². The molecule has 1 heterocycles. The average Bonchev–Trinajstić information content (AvgIpc) is 2.89. The highest BCUT2D eigenvalue weighted by atomic mass is 35.5. The van der Waals surface area contributed by atoms with Crippen molar-refractivity contribution in [3.05, 3.63) is 59.1 Å². The first-order valence-corrected chi connectivity index (χ1v) is 7.71. The molecule has 2 nitrogen and oxygen atoms in total. The Morgan fingerprint density at radius 2 is 1.62 bits per heavy atom. The van der Waals surface area contributed by atoms with Gasteiger partial charge in [0, 0.05) is 11.1 Å².